The van der Waals surface area contributed by atoms with Crippen LogP contribution in [0.2, 0.25) is 10.0 Å². The van der Waals surface area contributed by atoms with Gasteiger partial charge in [-0.15, -0.1) is 0 Å². The fourth-order valence-electron chi connectivity index (χ4n) is 2.00. The number of nitrogens with zero attached hydrogens (tertiary/aromatic N) is 3. The molecule has 3 aromatic rings. The molecular weight excluding hydrogens is 283 g/mol. The second-order valence-electron chi connectivity index (χ2n) is 4.14. The maximum absolute atomic E-state index is 6.17. The zero-order valence-corrected chi connectivity index (χ0v) is 11.4. The molecule has 0 saturated heterocycles. The summed E-state index contributed by atoms with van der Waals surface area (Å²) in [7, 11) is 0. The molecule has 6 heteroatoms. The van der Waals surface area contributed by atoms with E-state index in [9.17, 15) is 0 Å². The van der Waals surface area contributed by atoms with Gasteiger partial charge in [0.05, 0.1) is 11.9 Å². The quantitative estimate of drug-likeness (QED) is 0.788. The summed E-state index contributed by atoms with van der Waals surface area (Å²) in [5.41, 5.74) is 7.43. The zero-order chi connectivity index (χ0) is 13.4. The first-order valence-electron chi connectivity index (χ1n) is 5.65. The van der Waals surface area contributed by atoms with Gasteiger partial charge in [-0.1, -0.05) is 29.3 Å². The van der Waals surface area contributed by atoms with Gasteiger partial charge in [0.2, 0.25) is 0 Å². The number of halogens is 2. The second-order valence-corrected chi connectivity index (χ2v) is 4.95. The predicted molar refractivity (Wildman–Crippen MR) is 77.5 cm³/mol. The van der Waals surface area contributed by atoms with E-state index in [0.717, 1.165) is 16.6 Å². The summed E-state index contributed by atoms with van der Waals surface area (Å²) in [5.74, 6) is 0.467. The van der Waals surface area contributed by atoms with E-state index >= 15 is 0 Å². The summed E-state index contributed by atoms with van der Waals surface area (Å²) in [5, 5.41) is 2.10. The third-order valence-electron chi connectivity index (χ3n) is 2.98. The van der Waals surface area contributed by atoms with E-state index < -0.39 is 0 Å². The number of aromatic nitrogens is 3. The minimum Gasteiger partial charge on any atom is -0.383 e. The van der Waals surface area contributed by atoms with E-state index in [4.69, 9.17) is 28.9 Å². The lowest BCUT2D eigenvalue weighted by atomic mass is 10.2. The molecule has 0 bridgehead atoms. The van der Waals surface area contributed by atoms with Gasteiger partial charge < -0.3 is 10.3 Å². The van der Waals surface area contributed by atoms with Gasteiger partial charge in [-0.3, -0.25) is 0 Å². The van der Waals surface area contributed by atoms with E-state index in [1.165, 1.54) is 6.33 Å². The van der Waals surface area contributed by atoms with Crippen molar-refractivity contribution in [1.29, 1.82) is 0 Å². The normalized spacial score (nSPS) is 11.1. The first-order valence-corrected chi connectivity index (χ1v) is 6.40. The lowest BCUT2D eigenvalue weighted by Gasteiger charge is -2.09. The third-order valence-corrected chi connectivity index (χ3v) is 3.69. The van der Waals surface area contributed by atoms with E-state index in [1.807, 2.05) is 35.0 Å². The monoisotopic (exact) mass is 292 g/mol. The van der Waals surface area contributed by atoms with Crippen LogP contribution in [0.3, 0.4) is 0 Å². The highest BCUT2D eigenvalue weighted by molar-refractivity contribution is 6.36. The molecule has 0 radical (unpaired) electrons. The number of anilines is 1. The summed E-state index contributed by atoms with van der Waals surface area (Å²) < 4.78 is 1.94. The minimum atomic E-state index is 0.467. The lowest BCUT2D eigenvalue weighted by Crippen LogP contribution is -2.01. The van der Waals surface area contributed by atoms with E-state index in [-0.39, 0.29) is 0 Å². The van der Waals surface area contributed by atoms with Crippen molar-refractivity contribution in [3.8, 4) is 0 Å². The standard InChI is InChI=1S/C13H10Cl2N4/c14-10-2-1-3-11(15)9(10)6-19-5-4-8-12(16)17-7-18-13(8)19/h1-5,7H,6H2,(H2,16,17,18). The number of nitrogen functional groups attached to an aromatic ring is 1. The number of fused-ring (bicyclic) bond motifs is 1. The van der Waals surface area contributed by atoms with Crippen LogP contribution < -0.4 is 5.73 Å². The molecule has 0 fully saturated rings. The average Bonchev–Trinajstić information content (AvgIpc) is 2.79. The van der Waals surface area contributed by atoms with E-state index in [1.54, 1.807) is 0 Å². The Balaban J connectivity index is 2.09. The molecule has 0 amide bonds. The van der Waals surface area contributed by atoms with Crippen LogP contribution in [0.15, 0.2) is 36.8 Å². The molecule has 0 saturated carbocycles. The van der Waals surface area contributed by atoms with Crippen molar-refractivity contribution in [2.45, 2.75) is 6.54 Å². The Morgan fingerprint density at radius 2 is 1.84 bits per heavy atom. The van der Waals surface area contributed by atoms with Crippen molar-refractivity contribution in [1.82, 2.24) is 14.5 Å². The van der Waals surface area contributed by atoms with Gasteiger partial charge in [0.25, 0.3) is 0 Å². The minimum absolute atomic E-state index is 0.467. The summed E-state index contributed by atoms with van der Waals surface area (Å²) in [6.45, 7) is 0.540. The topological polar surface area (TPSA) is 56.7 Å². The number of rotatable bonds is 2. The van der Waals surface area contributed by atoms with Gasteiger partial charge in [0, 0.05) is 21.8 Å². The Bertz CT molecular complexity index is 731. The molecule has 4 nitrogen and oxygen atoms in total. The van der Waals surface area contributed by atoms with Crippen LogP contribution in [0.5, 0.6) is 0 Å². The molecule has 2 N–H and O–H groups in total. The zero-order valence-electron chi connectivity index (χ0n) is 9.85. The predicted octanol–water partition coefficient (Wildman–Crippen LogP) is 3.37. The average molecular weight is 293 g/mol. The highest BCUT2D eigenvalue weighted by Crippen LogP contribution is 2.27. The summed E-state index contributed by atoms with van der Waals surface area (Å²) in [6.07, 6.45) is 3.34. The smallest absolute Gasteiger partial charge is 0.145 e. The van der Waals surface area contributed by atoms with Crippen molar-refractivity contribution in [2.24, 2.45) is 0 Å². The van der Waals surface area contributed by atoms with Crippen molar-refractivity contribution >= 4 is 40.1 Å². The molecule has 1 aromatic carbocycles. The molecule has 0 aliphatic rings. The van der Waals surface area contributed by atoms with Gasteiger partial charge in [-0.25, -0.2) is 9.97 Å². The number of benzene rings is 1. The Morgan fingerprint density at radius 3 is 2.58 bits per heavy atom. The van der Waals surface area contributed by atoms with Gasteiger partial charge in [0.1, 0.15) is 17.8 Å². The van der Waals surface area contributed by atoms with Crippen molar-refractivity contribution in [3.05, 3.63) is 52.4 Å². The van der Waals surface area contributed by atoms with Crippen LogP contribution >= 0.6 is 23.2 Å². The molecule has 0 unspecified atom stereocenters. The third kappa shape index (κ3) is 2.13. The molecule has 19 heavy (non-hydrogen) atoms. The van der Waals surface area contributed by atoms with Crippen molar-refractivity contribution < 1.29 is 0 Å². The Labute approximate surface area is 119 Å². The van der Waals surface area contributed by atoms with E-state index in [2.05, 4.69) is 9.97 Å². The van der Waals surface area contributed by atoms with Crippen molar-refractivity contribution in [2.75, 3.05) is 5.73 Å². The number of nitrogens with two attached hydrogens (primary N) is 1. The maximum Gasteiger partial charge on any atom is 0.145 e. The Kier molecular flexibility index (Phi) is 3.05. The SMILES string of the molecule is Nc1ncnc2c1ccn2Cc1c(Cl)cccc1Cl. The summed E-state index contributed by atoms with van der Waals surface area (Å²) in [6, 6.07) is 7.34. The van der Waals surface area contributed by atoms with Gasteiger partial charge in [0.15, 0.2) is 0 Å². The van der Waals surface area contributed by atoms with Crippen LogP contribution in [0, 0.1) is 0 Å². The van der Waals surface area contributed by atoms with E-state index in [0.29, 0.717) is 22.4 Å². The van der Waals surface area contributed by atoms with Crippen LogP contribution in [0.25, 0.3) is 11.0 Å². The van der Waals surface area contributed by atoms with Crippen LogP contribution in [0.4, 0.5) is 5.82 Å². The van der Waals surface area contributed by atoms with Crippen molar-refractivity contribution in [3.63, 3.8) is 0 Å². The lowest BCUT2D eigenvalue weighted by molar-refractivity contribution is 0.824. The largest absolute Gasteiger partial charge is 0.383 e. The Morgan fingerprint density at radius 1 is 1.11 bits per heavy atom. The summed E-state index contributed by atoms with van der Waals surface area (Å²) in [4.78, 5) is 8.21. The van der Waals surface area contributed by atoms with Crippen LogP contribution in [-0.4, -0.2) is 14.5 Å². The maximum atomic E-state index is 6.17. The molecule has 2 aromatic heterocycles. The molecule has 96 valence electrons. The molecule has 3 rings (SSSR count). The number of hydrogen-bond donors (Lipinski definition) is 1. The molecule has 0 atom stereocenters. The highest BCUT2D eigenvalue weighted by Gasteiger charge is 2.10. The van der Waals surface area contributed by atoms with Gasteiger partial charge >= 0.3 is 0 Å². The molecule has 0 spiro atoms. The number of hydrogen-bond acceptors (Lipinski definition) is 3. The fourth-order valence-corrected chi connectivity index (χ4v) is 2.52. The molecular formula is C13H10Cl2N4. The van der Waals surface area contributed by atoms with Gasteiger partial charge in [-0.2, -0.15) is 0 Å². The first-order chi connectivity index (χ1) is 9.16. The van der Waals surface area contributed by atoms with Crippen LogP contribution in [0.1, 0.15) is 5.56 Å². The molecule has 2 heterocycles. The fraction of sp³-hybridized carbons (Fsp3) is 0.0769. The van der Waals surface area contributed by atoms with Crippen LogP contribution in [-0.2, 0) is 6.54 Å². The van der Waals surface area contributed by atoms with Gasteiger partial charge in [-0.05, 0) is 18.2 Å². The molecule has 0 aliphatic carbocycles. The second kappa shape index (κ2) is 4.72. The Hall–Kier alpha value is -1.78. The summed E-state index contributed by atoms with van der Waals surface area (Å²) >= 11 is 12.3. The highest BCUT2D eigenvalue weighted by atomic mass is 35.5. The molecule has 0 aliphatic heterocycles. The first kappa shape index (κ1) is 12.3.